The molecule has 0 unspecified atom stereocenters. The number of piperazine rings is 1. The minimum absolute atomic E-state index is 0.182. The third kappa shape index (κ3) is 3.34. The first-order valence-corrected chi connectivity index (χ1v) is 7.66. The molecule has 1 aromatic heterocycles. The van der Waals surface area contributed by atoms with E-state index in [-0.39, 0.29) is 11.9 Å². The number of pyridine rings is 1. The number of amides is 1. The molecule has 0 aliphatic carbocycles. The molecule has 2 aromatic rings. The quantitative estimate of drug-likeness (QED) is 0.870. The van der Waals surface area contributed by atoms with E-state index >= 15 is 0 Å². The van der Waals surface area contributed by atoms with Gasteiger partial charge < -0.3 is 4.90 Å². The van der Waals surface area contributed by atoms with Crippen LogP contribution in [0.5, 0.6) is 0 Å². The first-order valence-electron chi connectivity index (χ1n) is 7.66. The van der Waals surface area contributed by atoms with Crippen molar-refractivity contribution >= 4 is 5.91 Å². The number of aromatic nitrogens is 1. The second-order valence-electron chi connectivity index (χ2n) is 5.78. The highest BCUT2D eigenvalue weighted by Gasteiger charge is 2.28. The van der Waals surface area contributed by atoms with Gasteiger partial charge in [0.05, 0.1) is 12.5 Å². The van der Waals surface area contributed by atoms with Gasteiger partial charge in [0.1, 0.15) is 0 Å². The summed E-state index contributed by atoms with van der Waals surface area (Å²) in [5, 5.41) is 0. The predicted molar refractivity (Wildman–Crippen MR) is 86.3 cm³/mol. The van der Waals surface area contributed by atoms with Crippen LogP contribution in [-0.4, -0.2) is 47.4 Å². The van der Waals surface area contributed by atoms with Gasteiger partial charge in [-0.15, -0.1) is 0 Å². The molecule has 1 amide bonds. The van der Waals surface area contributed by atoms with Gasteiger partial charge >= 0.3 is 0 Å². The third-order valence-electron chi connectivity index (χ3n) is 4.26. The van der Waals surface area contributed by atoms with Crippen LogP contribution in [0.25, 0.3) is 0 Å². The third-order valence-corrected chi connectivity index (χ3v) is 4.26. The van der Waals surface area contributed by atoms with Gasteiger partial charge in [0.2, 0.25) is 5.91 Å². The fourth-order valence-electron chi connectivity index (χ4n) is 2.92. The van der Waals surface area contributed by atoms with Gasteiger partial charge in [0.25, 0.3) is 0 Å². The van der Waals surface area contributed by atoms with Gasteiger partial charge in [-0.2, -0.15) is 0 Å². The van der Waals surface area contributed by atoms with Gasteiger partial charge in [-0.05, 0) is 24.2 Å². The van der Waals surface area contributed by atoms with Crippen molar-refractivity contribution in [1.82, 2.24) is 14.8 Å². The molecule has 1 aliphatic rings. The second kappa shape index (κ2) is 6.71. The molecule has 3 rings (SSSR count). The van der Waals surface area contributed by atoms with Gasteiger partial charge in [0, 0.05) is 32.0 Å². The van der Waals surface area contributed by atoms with Crippen molar-refractivity contribution in [3.8, 4) is 0 Å². The van der Waals surface area contributed by atoms with E-state index in [1.165, 1.54) is 5.56 Å². The van der Waals surface area contributed by atoms with Gasteiger partial charge in [0.15, 0.2) is 0 Å². The molecule has 0 saturated carbocycles. The lowest BCUT2D eigenvalue weighted by molar-refractivity contribution is -0.133. The van der Waals surface area contributed by atoms with Crippen molar-refractivity contribution in [3.05, 3.63) is 66.0 Å². The smallest absolute Gasteiger partial charge is 0.227 e. The summed E-state index contributed by atoms with van der Waals surface area (Å²) in [6.07, 6.45) is 3.93. The molecule has 1 aliphatic heterocycles. The first-order chi connectivity index (χ1) is 10.7. The zero-order valence-corrected chi connectivity index (χ0v) is 12.9. The van der Waals surface area contributed by atoms with Crippen molar-refractivity contribution in [2.75, 3.05) is 26.7 Å². The maximum Gasteiger partial charge on any atom is 0.227 e. The van der Waals surface area contributed by atoms with Crippen LogP contribution in [0.4, 0.5) is 0 Å². The number of carbonyl (C=O) groups excluding carboxylic acids is 1. The largest absolute Gasteiger partial charge is 0.339 e. The van der Waals surface area contributed by atoms with Crippen LogP contribution in [0.2, 0.25) is 0 Å². The normalized spacial score (nSPS) is 19.1. The molecular formula is C18H21N3O. The molecule has 22 heavy (non-hydrogen) atoms. The number of rotatable bonds is 3. The Hall–Kier alpha value is -2.20. The summed E-state index contributed by atoms with van der Waals surface area (Å²) in [6.45, 7) is 2.44. The number of carbonyl (C=O) groups is 1. The Morgan fingerprint density at radius 3 is 2.73 bits per heavy atom. The molecule has 0 radical (unpaired) electrons. The summed E-state index contributed by atoms with van der Waals surface area (Å²) >= 11 is 0. The second-order valence-corrected chi connectivity index (χ2v) is 5.78. The number of hydrogen-bond acceptors (Lipinski definition) is 3. The van der Waals surface area contributed by atoms with Crippen LogP contribution in [0, 0.1) is 0 Å². The van der Waals surface area contributed by atoms with Crippen molar-refractivity contribution in [1.29, 1.82) is 0 Å². The molecule has 0 bridgehead atoms. The monoisotopic (exact) mass is 295 g/mol. The number of hydrogen-bond donors (Lipinski definition) is 0. The summed E-state index contributed by atoms with van der Waals surface area (Å²) in [7, 11) is 2.13. The Balaban J connectivity index is 1.69. The molecule has 0 N–H and O–H groups in total. The Labute approximate surface area is 131 Å². The van der Waals surface area contributed by atoms with Crippen molar-refractivity contribution in [2.45, 2.75) is 12.5 Å². The highest BCUT2D eigenvalue weighted by Crippen LogP contribution is 2.24. The van der Waals surface area contributed by atoms with E-state index in [4.69, 9.17) is 0 Å². The molecule has 114 valence electrons. The highest BCUT2D eigenvalue weighted by molar-refractivity contribution is 5.78. The van der Waals surface area contributed by atoms with Crippen LogP contribution in [0.1, 0.15) is 17.2 Å². The van der Waals surface area contributed by atoms with E-state index in [1.54, 1.807) is 12.4 Å². The highest BCUT2D eigenvalue weighted by atomic mass is 16.2. The Morgan fingerprint density at radius 1 is 1.18 bits per heavy atom. The summed E-state index contributed by atoms with van der Waals surface area (Å²) < 4.78 is 0. The van der Waals surface area contributed by atoms with Crippen LogP contribution < -0.4 is 0 Å². The molecule has 1 atom stereocenters. The zero-order chi connectivity index (χ0) is 15.4. The molecular weight excluding hydrogens is 274 g/mol. The van der Waals surface area contributed by atoms with E-state index in [9.17, 15) is 4.79 Å². The fourth-order valence-corrected chi connectivity index (χ4v) is 2.92. The average Bonchev–Trinajstić information content (AvgIpc) is 2.57. The lowest BCUT2D eigenvalue weighted by Crippen LogP contribution is -2.49. The minimum atomic E-state index is 0.182. The summed E-state index contributed by atoms with van der Waals surface area (Å²) in [4.78, 5) is 20.9. The molecule has 0 spiro atoms. The number of likely N-dealkylation sites (N-methyl/N-ethyl adjacent to an activating group) is 1. The zero-order valence-electron chi connectivity index (χ0n) is 12.9. The Morgan fingerprint density at radius 2 is 2.00 bits per heavy atom. The maximum absolute atomic E-state index is 12.5. The van der Waals surface area contributed by atoms with Gasteiger partial charge in [-0.1, -0.05) is 36.4 Å². The maximum atomic E-state index is 12.5. The molecule has 1 aromatic carbocycles. The van der Waals surface area contributed by atoms with E-state index < -0.39 is 0 Å². The lowest BCUT2D eigenvalue weighted by Gasteiger charge is -2.39. The summed E-state index contributed by atoms with van der Waals surface area (Å²) in [6, 6.07) is 14.5. The summed E-state index contributed by atoms with van der Waals surface area (Å²) in [5.74, 6) is 0.182. The van der Waals surface area contributed by atoms with E-state index in [2.05, 4.69) is 41.2 Å². The standard InChI is InChI=1S/C18H21N3O/c1-20-10-11-21(14-17(20)16-7-3-2-4-8-16)18(22)12-15-6-5-9-19-13-15/h2-9,13,17H,10-12,14H2,1H3/t17-/m1/s1. The topological polar surface area (TPSA) is 36.4 Å². The van der Waals surface area contributed by atoms with Crippen molar-refractivity contribution in [2.24, 2.45) is 0 Å². The Bertz CT molecular complexity index is 615. The van der Waals surface area contributed by atoms with Gasteiger partial charge in [-0.3, -0.25) is 14.7 Å². The van der Waals surface area contributed by atoms with E-state index in [1.807, 2.05) is 23.1 Å². The van der Waals surface area contributed by atoms with Crippen molar-refractivity contribution in [3.63, 3.8) is 0 Å². The predicted octanol–water partition coefficient (Wildman–Crippen LogP) is 2.14. The molecule has 4 nitrogen and oxygen atoms in total. The number of nitrogens with zero attached hydrogens (tertiary/aromatic N) is 3. The van der Waals surface area contributed by atoms with Crippen molar-refractivity contribution < 1.29 is 4.79 Å². The summed E-state index contributed by atoms with van der Waals surface area (Å²) in [5.41, 5.74) is 2.24. The van der Waals surface area contributed by atoms with Crippen LogP contribution in [0.15, 0.2) is 54.9 Å². The van der Waals surface area contributed by atoms with E-state index in [0.717, 1.165) is 25.2 Å². The molecule has 1 saturated heterocycles. The van der Waals surface area contributed by atoms with E-state index in [0.29, 0.717) is 6.42 Å². The Kier molecular flexibility index (Phi) is 4.49. The SMILES string of the molecule is CN1CCN(C(=O)Cc2cccnc2)C[C@@H]1c1ccccc1. The van der Waals surface area contributed by atoms with Crippen LogP contribution in [-0.2, 0) is 11.2 Å². The number of benzene rings is 1. The molecule has 1 fully saturated rings. The van der Waals surface area contributed by atoms with Crippen LogP contribution >= 0.6 is 0 Å². The van der Waals surface area contributed by atoms with Gasteiger partial charge in [-0.25, -0.2) is 0 Å². The first kappa shape index (κ1) is 14.7. The van der Waals surface area contributed by atoms with Crippen LogP contribution in [0.3, 0.4) is 0 Å². The average molecular weight is 295 g/mol. The molecule has 4 heteroatoms. The molecule has 2 heterocycles. The fraction of sp³-hybridized carbons (Fsp3) is 0.333. The minimum Gasteiger partial charge on any atom is -0.339 e. The lowest BCUT2D eigenvalue weighted by atomic mass is 10.0.